The Balaban J connectivity index is 1.36. The van der Waals surface area contributed by atoms with Crippen LogP contribution >= 0.6 is 0 Å². The molecule has 0 radical (unpaired) electrons. The highest BCUT2D eigenvalue weighted by atomic mass is 32.2. The lowest BCUT2D eigenvalue weighted by molar-refractivity contribution is -0.141. The van der Waals surface area contributed by atoms with Crippen molar-refractivity contribution in [3.05, 3.63) is 90.0 Å². The highest BCUT2D eigenvalue weighted by molar-refractivity contribution is 7.92. The number of nitrogens with one attached hydrogen (secondary N) is 1. The van der Waals surface area contributed by atoms with Gasteiger partial charge in [-0.2, -0.15) is 0 Å². The summed E-state index contributed by atoms with van der Waals surface area (Å²) in [7, 11) is -3.64. The molecule has 2 amide bonds. The van der Waals surface area contributed by atoms with Crippen LogP contribution in [0, 0.1) is 0 Å². The summed E-state index contributed by atoms with van der Waals surface area (Å²) in [6.07, 6.45) is 7.10. The van der Waals surface area contributed by atoms with Crippen molar-refractivity contribution < 1.29 is 27.5 Å². The van der Waals surface area contributed by atoms with Gasteiger partial charge in [-0.15, -0.1) is 0 Å². The smallest absolute Gasteiger partial charge is 0.243 e. The average molecular weight is 620 g/mol. The molecule has 1 atom stereocenters. The van der Waals surface area contributed by atoms with Gasteiger partial charge in [-0.05, 0) is 42.5 Å². The first-order chi connectivity index (χ1) is 21.3. The fraction of sp³-hybridized carbons (Fsp3) is 0.412. The maximum atomic E-state index is 14.0. The molecule has 0 unspecified atom stereocenters. The molecule has 9 nitrogen and oxygen atoms in total. The van der Waals surface area contributed by atoms with Gasteiger partial charge < -0.3 is 19.7 Å². The molecule has 0 aromatic heterocycles. The van der Waals surface area contributed by atoms with Crippen LogP contribution in [0.4, 0.5) is 5.69 Å². The van der Waals surface area contributed by atoms with E-state index in [0.29, 0.717) is 23.6 Å². The first-order valence-electron chi connectivity index (χ1n) is 15.3. The molecule has 234 valence electrons. The molecule has 1 aliphatic heterocycles. The molecule has 3 aromatic rings. The van der Waals surface area contributed by atoms with E-state index in [4.69, 9.17) is 9.47 Å². The molecular formula is C34H41N3O6S. The van der Waals surface area contributed by atoms with E-state index in [1.165, 1.54) is 10.7 Å². The van der Waals surface area contributed by atoms with Crippen molar-refractivity contribution in [1.29, 1.82) is 0 Å². The fourth-order valence-corrected chi connectivity index (χ4v) is 6.88. The zero-order valence-corrected chi connectivity index (χ0v) is 26.0. The van der Waals surface area contributed by atoms with Crippen molar-refractivity contribution in [2.75, 3.05) is 23.9 Å². The molecule has 1 aliphatic carbocycles. The highest BCUT2D eigenvalue weighted by Gasteiger charge is 2.32. The molecule has 1 heterocycles. The van der Waals surface area contributed by atoms with Crippen LogP contribution in [-0.2, 0) is 32.6 Å². The molecule has 5 rings (SSSR count). The monoisotopic (exact) mass is 619 g/mol. The average Bonchev–Trinajstić information content (AvgIpc) is 3.50. The third-order valence-electron chi connectivity index (χ3n) is 8.21. The fourth-order valence-electron chi connectivity index (χ4n) is 5.92. The van der Waals surface area contributed by atoms with E-state index in [1.54, 1.807) is 23.1 Å². The van der Waals surface area contributed by atoms with Crippen LogP contribution in [0.25, 0.3) is 0 Å². The Bertz CT molecular complexity index is 1510. The zero-order valence-electron chi connectivity index (χ0n) is 25.2. The Kier molecular flexibility index (Phi) is 10.4. The molecule has 0 spiro atoms. The normalized spacial score (nSPS) is 15.4. The highest BCUT2D eigenvalue weighted by Crippen LogP contribution is 2.36. The number of ether oxygens (including phenoxy) is 2. The number of carbonyl (C=O) groups is 2. The van der Waals surface area contributed by atoms with Gasteiger partial charge >= 0.3 is 0 Å². The van der Waals surface area contributed by atoms with Gasteiger partial charge in [0, 0.05) is 38.0 Å². The first kappa shape index (κ1) is 31.4. The van der Waals surface area contributed by atoms with Gasteiger partial charge in [0.2, 0.25) is 28.6 Å². The molecule has 1 N–H and O–H groups in total. The minimum absolute atomic E-state index is 0.0748. The summed E-state index contributed by atoms with van der Waals surface area (Å²) in [6, 6.07) is 23.8. The molecular weight excluding hydrogens is 578 g/mol. The zero-order chi connectivity index (χ0) is 30.9. The Morgan fingerprint density at radius 3 is 2.23 bits per heavy atom. The van der Waals surface area contributed by atoms with Crippen molar-refractivity contribution in [3.8, 4) is 11.5 Å². The standard InChI is InChI=1S/C34H41N3O6S/c1-44(40,41)37(29-19-20-31-32(23-29)43-25-42-31)21-11-18-33(38)36(24-27-14-7-3-8-15-27)30(22-26-12-5-2-6-13-26)34(39)35-28-16-9-4-10-17-28/h2-3,5-8,12-15,19-20,23,28,30H,4,9-11,16-18,21-22,24-25H2,1H3,(H,35,39)/t30-/m0/s1. The lowest BCUT2D eigenvalue weighted by Crippen LogP contribution is -2.52. The third kappa shape index (κ3) is 8.31. The van der Waals surface area contributed by atoms with Crippen molar-refractivity contribution in [2.45, 2.75) is 70.0 Å². The molecule has 3 aromatic carbocycles. The number of benzene rings is 3. The van der Waals surface area contributed by atoms with Gasteiger partial charge in [0.05, 0.1) is 11.9 Å². The summed E-state index contributed by atoms with van der Waals surface area (Å²) < 4.78 is 37.6. The number of rotatable bonds is 13. The number of fused-ring (bicyclic) bond motifs is 1. The van der Waals surface area contributed by atoms with E-state index in [2.05, 4.69) is 5.32 Å². The van der Waals surface area contributed by atoms with E-state index in [0.717, 1.165) is 43.1 Å². The summed E-state index contributed by atoms with van der Waals surface area (Å²) in [5.74, 6) is 0.690. The van der Waals surface area contributed by atoms with Crippen LogP contribution in [0.2, 0.25) is 0 Å². The van der Waals surface area contributed by atoms with E-state index in [1.807, 2.05) is 60.7 Å². The largest absolute Gasteiger partial charge is 0.454 e. The maximum Gasteiger partial charge on any atom is 0.243 e. The molecule has 10 heteroatoms. The maximum absolute atomic E-state index is 14.0. The minimum Gasteiger partial charge on any atom is -0.454 e. The van der Waals surface area contributed by atoms with Crippen molar-refractivity contribution >= 4 is 27.5 Å². The van der Waals surface area contributed by atoms with Gasteiger partial charge in [-0.3, -0.25) is 13.9 Å². The van der Waals surface area contributed by atoms with Crippen LogP contribution in [0.5, 0.6) is 11.5 Å². The van der Waals surface area contributed by atoms with Crippen LogP contribution in [-0.4, -0.2) is 56.8 Å². The summed E-state index contributed by atoms with van der Waals surface area (Å²) in [4.78, 5) is 29.6. The Morgan fingerprint density at radius 1 is 0.886 bits per heavy atom. The molecule has 1 saturated carbocycles. The Morgan fingerprint density at radius 2 is 1.55 bits per heavy atom. The van der Waals surface area contributed by atoms with Crippen molar-refractivity contribution in [3.63, 3.8) is 0 Å². The van der Waals surface area contributed by atoms with Crippen LogP contribution in [0.3, 0.4) is 0 Å². The van der Waals surface area contributed by atoms with Gasteiger partial charge in [0.25, 0.3) is 0 Å². The van der Waals surface area contributed by atoms with Crippen LogP contribution in [0.1, 0.15) is 56.1 Å². The molecule has 2 aliphatic rings. The number of anilines is 1. The van der Waals surface area contributed by atoms with Crippen molar-refractivity contribution in [2.24, 2.45) is 0 Å². The van der Waals surface area contributed by atoms with Crippen LogP contribution < -0.4 is 19.1 Å². The molecule has 0 bridgehead atoms. The number of amides is 2. The quantitative estimate of drug-likeness (QED) is 0.287. The second-order valence-electron chi connectivity index (χ2n) is 11.5. The second-order valence-corrected chi connectivity index (χ2v) is 13.4. The van der Waals surface area contributed by atoms with Gasteiger partial charge in [0.1, 0.15) is 6.04 Å². The topological polar surface area (TPSA) is 105 Å². The lowest BCUT2D eigenvalue weighted by atomic mass is 9.94. The predicted molar refractivity (Wildman–Crippen MR) is 170 cm³/mol. The number of nitrogens with zero attached hydrogens (tertiary/aromatic N) is 2. The summed E-state index contributed by atoms with van der Waals surface area (Å²) in [5.41, 5.74) is 2.33. The van der Waals surface area contributed by atoms with Gasteiger partial charge in [-0.25, -0.2) is 8.42 Å². The summed E-state index contributed by atoms with van der Waals surface area (Å²) >= 11 is 0. The van der Waals surface area contributed by atoms with Crippen molar-refractivity contribution in [1.82, 2.24) is 10.2 Å². The lowest BCUT2D eigenvalue weighted by Gasteiger charge is -2.34. The summed E-state index contributed by atoms with van der Waals surface area (Å²) in [6.45, 7) is 0.454. The molecule has 0 saturated heterocycles. The third-order valence-corrected chi connectivity index (χ3v) is 9.41. The minimum atomic E-state index is -3.64. The SMILES string of the molecule is CS(=O)(=O)N(CCCC(=O)N(Cc1ccccc1)[C@@H](Cc1ccccc1)C(=O)NC1CCCCC1)c1ccc2c(c1)OCO2. The number of hydrogen-bond acceptors (Lipinski definition) is 6. The predicted octanol–water partition coefficient (Wildman–Crippen LogP) is 5.05. The van der Waals surface area contributed by atoms with E-state index >= 15 is 0 Å². The molecule has 1 fully saturated rings. The Hall–Kier alpha value is -4.05. The summed E-state index contributed by atoms with van der Waals surface area (Å²) in [5, 5.41) is 3.25. The van der Waals surface area contributed by atoms with Gasteiger partial charge in [0.15, 0.2) is 11.5 Å². The number of hydrogen-bond donors (Lipinski definition) is 1. The van der Waals surface area contributed by atoms with Gasteiger partial charge in [-0.1, -0.05) is 79.9 Å². The first-order valence-corrected chi connectivity index (χ1v) is 17.2. The van der Waals surface area contributed by atoms with Crippen LogP contribution in [0.15, 0.2) is 78.9 Å². The van der Waals surface area contributed by atoms with E-state index in [-0.39, 0.29) is 50.6 Å². The van der Waals surface area contributed by atoms with E-state index in [9.17, 15) is 18.0 Å². The Labute approximate surface area is 260 Å². The number of sulfonamides is 1. The van der Waals surface area contributed by atoms with E-state index < -0.39 is 16.1 Å². The number of carbonyl (C=O) groups excluding carboxylic acids is 2. The second kappa shape index (κ2) is 14.6. The molecule has 44 heavy (non-hydrogen) atoms.